The number of hydrogen-bond acceptors (Lipinski definition) is 6. The van der Waals surface area contributed by atoms with Crippen molar-refractivity contribution in [1.29, 1.82) is 0 Å². The van der Waals surface area contributed by atoms with E-state index in [0.29, 0.717) is 12.4 Å². The molecule has 0 aliphatic carbocycles. The molecule has 3 aromatic heterocycles. The maximum Gasteiger partial charge on any atom is 0.235 e. The number of rotatable bonds is 3. The lowest BCUT2D eigenvalue weighted by Crippen LogP contribution is -1.97. The van der Waals surface area contributed by atoms with Crippen LogP contribution in [0.4, 0.5) is 0 Å². The average Bonchev–Trinajstić information content (AvgIpc) is 3.12. The maximum atomic E-state index is 5.81. The summed E-state index contributed by atoms with van der Waals surface area (Å²) in [4.78, 5) is 0.729. The van der Waals surface area contributed by atoms with E-state index >= 15 is 0 Å². The Morgan fingerprint density at radius 2 is 2.20 bits per heavy atom. The van der Waals surface area contributed by atoms with E-state index in [9.17, 15) is 0 Å². The summed E-state index contributed by atoms with van der Waals surface area (Å²) in [5.41, 5.74) is 0.852. The van der Waals surface area contributed by atoms with Gasteiger partial charge in [0.15, 0.2) is 16.6 Å². The first-order chi connectivity index (χ1) is 9.85. The summed E-state index contributed by atoms with van der Waals surface area (Å²) in [5.74, 6) is 1.42. The van der Waals surface area contributed by atoms with Crippen LogP contribution in [0.25, 0.3) is 26.7 Å². The number of nitrogens with zero attached hydrogens (tertiary/aromatic N) is 4. The SMILES string of the molecule is COCc1nnc2sc(-c3cc4ccccc4o3)nn12. The normalized spacial score (nSPS) is 11.7. The molecule has 100 valence electrons. The third-order valence-electron chi connectivity index (χ3n) is 2.97. The second-order valence-corrected chi connectivity index (χ2v) is 5.26. The van der Waals surface area contributed by atoms with Gasteiger partial charge in [-0.25, -0.2) is 0 Å². The fraction of sp³-hybridized carbons (Fsp3) is 0.154. The molecule has 4 aromatic rings. The molecule has 0 atom stereocenters. The molecule has 3 heterocycles. The van der Waals surface area contributed by atoms with Gasteiger partial charge >= 0.3 is 0 Å². The van der Waals surface area contributed by atoms with Crippen LogP contribution in [0.15, 0.2) is 34.7 Å². The summed E-state index contributed by atoms with van der Waals surface area (Å²) in [6.07, 6.45) is 0. The molecule has 0 amide bonds. The lowest BCUT2D eigenvalue weighted by atomic mass is 10.2. The van der Waals surface area contributed by atoms with Gasteiger partial charge in [-0.3, -0.25) is 0 Å². The first kappa shape index (κ1) is 11.6. The van der Waals surface area contributed by atoms with E-state index < -0.39 is 0 Å². The van der Waals surface area contributed by atoms with Gasteiger partial charge < -0.3 is 9.15 Å². The molecule has 1 aromatic carbocycles. The van der Waals surface area contributed by atoms with Gasteiger partial charge in [0.25, 0.3) is 0 Å². The van der Waals surface area contributed by atoms with Crippen LogP contribution >= 0.6 is 11.3 Å². The molecule has 0 unspecified atom stereocenters. The average molecular weight is 286 g/mol. The first-order valence-corrected chi connectivity index (χ1v) is 6.86. The molecule has 0 N–H and O–H groups in total. The fourth-order valence-corrected chi connectivity index (χ4v) is 2.87. The van der Waals surface area contributed by atoms with Crippen LogP contribution in [0, 0.1) is 0 Å². The Morgan fingerprint density at radius 3 is 3.05 bits per heavy atom. The highest BCUT2D eigenvalue weighted by Gasteiger charge is 2.15. The van der Waals surface area contributed by atoms with Crippen molar-refractivity contribution in [3.05, 3.63) is 36.2 Å². The largest absolute Gasteiger partial charge is 0.453 e. The molecular formula is C13H10N4O2S. The van der Waals surface area contributed by atoms with Gasteiger partial charge in [0.2, 0.25) is 4.96 Å². The molecule has 0 spiro atoms. The smallest absolute Gasteiger partial charge is 0.235 e. The van der Waals surface area contributed by atoms with Crippen LogP contribution < -0.4 is 0 Å². The minimum atomic E-state index is 0.379. The zero-order valence-electron chi connectivity index (χ0n) is 10.6. The van der Waals surface area contributed by atoms with Crippen molar-refractivity contribution in [2.24, 2.45) is 0 Å². The van der Waals surface area contributed by atoms with Gasteiger partial charge in [0, 0.05) is 12.5 Å². The first-order valence-electron chi connectivity index (χ1n) is 6.04. The second kappa shape index (κ2) is 4.39. The van der Waals surface area contributed by atoms with Crippen molar-refractivity contribution in [2.75, 3.05) is 7.11 Å². The minimum absolute atomic E-state index is 0.379. The van der Waals surface area contributed by atoms with Crippen LogP contribution in [-0.4, -0.2) is 26.9 Å². The lowest BCUT2D eigenvalue weighted by molar-refractivity contribution is 0.176. The third-order valence-corrected chi connectivity index (χ3v) is 3.88. The van der Waals surface area contributed by atoms with Crippen molar-refractivity contribution in [3.63, 3.8) is 0 Å². The number of fused-ring (bicyclic) bond motifs is 2. The molecule has 0 radical (unpaired) electrons. The molecule has 0 aliphatic rings. The summed E-state index contributed by atoms with van der Waals surface area (Å²) in [5, 5.41) is 14.4. The highest BCUT2D eigenvalue weighted by atomic mass is 32.1. The van der Waals surface area contributed by atoms with Gasteiger partial charge in [-0.15, -0.1) is 15.3 Å². The molecular weight excluding hydrogens is 276 g/mol. The van der Waals surface area contributed by atoms with Gasteiger partial charge in [0.05, 0.1) is 0 Å². The number of aromatic nitrogens is 4. The Kier molecular flexibility index (Phi) is 2.54. The minimum Gasteiger partial charge on any atom is -0.453 e. The quantitative estimate of drug-likeness (QED) is 0.579. The zero-order valence-corrected chi connectivity index (χ0v) is 11.4. The Morgan fingerprint density at radius 1 is 1.30 bits per heavy atom. The van der Waals surface area contributed by atoms with Crippen LogP contribution in [-0.2, 0) is 11.3 Å². The topological polar surface area (TPSA) is 65.5 Å². The molecule has 0 fully saturated rings. The van der Waals surface area contributed by atoms with Crippen LogP contribution in [0.2, 0.25) is 0 Å². The molecule has 0 aliphatic heterocycles. The predicted molar refractivity (Wildman–Crippen MR) is 74.6 cm³/mol. The highest BCUT2D eigenvalue weighted by molar-refractivity contribution is 7.19. The van der Waals surface area contributed by atoms with Gasteiger partial charge in [0.1, 0.15) is 12.2 Å². The van der Waals surface area contributed by atoms with Crippen LogP contribution in [0.1, 0.15) is 5.82 Å². The molecule has 0 saturated heterocycles. The Labute approximate surface area is 117 Å². The van der Waals surface area contributed by atoms with Crippen molar-refractivity contribution in [3.8, 4) is 10.8 Å². The van der Waals surface area contributed by atoms with Crippen molar-refractivity contribution >= 4 is 27.3 Å². The molecule has 7 heteroatoms. The number of benzene rings is 1. The van der Waals surface area contributed by atoms with E-state index in [1.54, 1.807) is 11.6 Å². The summed E-state index contributed by atoms with van der Waals surface area (Å²) in [7, 11) is 1.62. The third kappa shape index (κ3) is 1.71. The monoisotopic (exact) mass is 286 g/mol. The zero-order chi connectivity index (χ0) is 13.5. The maximum absolute atomic E-state index is 5.81. The summed E-state index contributed by atoms with van der Waals surface area (Å²) in [6.45, 7) is 0.379. The number of furan rings is 1. The van der Waals surface area contributed by atoms with E-state index in [1.165, 1.54) is 11.3 Å². The van der Waals surface area contributed by atoms with Gasteiger partial charge in [-0.1, -0.05) is 29.5 Å². The van der Waals surface area contributed by atoms with Crippen LogP contribution in [0.5, 0.6) is 0 Å². The Hall–Kier alpha value is -2.25. The molecule has 0 saturated carbocycles. The van der Waals surface area contributed by atoms with Gasteiger partial charge in [-0.05, 0) is 12.1 Å². The standard InChI is InChI=1S/C13H10N4O2S/c1-18-7-11-14-15-13-17(11)16-12(20-13)10-6-8-4-2-3-5-9(8)19-10/h2-6H,7H2,1H3. The molecule has 6 nitrogen and oxygen atoms in total. The number of ether oxygens (including phenoxy) is 1. The van der Waals surface area contributed by atoms with E-state index in [2.05, 4.69) is 15.3 Å². The predicted octanol–water partition coefficient (Wildman–Crippen LogP) is 2.75. The number of methoxy groups -OCH3 is 1. The van der Waals surface area contributed by atoms with Crippen molar-refractivity contribution in [1.82, 2.24) is 19.8 Å². The Balaban J connectivity index is 1.84. The van der Waals surface area contributed by atoms with E-state index in [1.807, 2.05) is 30.3 Å². The fourth-order valence-electron chi connectivity index (χ4n) is 2.06. The van der Waals surface area contributed by atoms with E-state index in [4.69, 9.17) is 9.15 Å². The van der Waals surface area contributed by atoms with Gasteiger partial charge in [-0.2, -0.15) is 4.52 Å². The summed E-state index contributed by atoms with van der Waals surface area (Å²) < 4.78 is 12.6. The van der Waals surface area contributed by atoms with E-state index in [0.717, 1.165) is 26.7 Å². The van der Waals surface area contributed by atoms with Crippen LogP contribution in [0.3, 0.4) is 0 Å². The number of para-hydroxylation sites is 1. The van der Waals surface area contributed by atoms with E-state index in [-0.39, 0.29) is 0 Å². The second-order valence-electron chi connectivity index (χ2n) is 4.30. The lowest BCUT2D eigenvalue weighted by Gasteiger charge is -1.92. The van der Waals surface area contributed by atoms with Crippen molar-refractivity contribution < 1.29 is 9.15 Å². The summed E-state index contributed by atoms with van der Waals surface area (Å²) >= 11 is 1.44. The summed E-state index contributed by atoms with van der Waals surface area (Å²) in [6, 6.07) is 9.87. The molecule has 4 rings (SSSR count). The van der Waals surface area contributed by atoms with Crippen molar-refractivity contribution in [2.45, 2.75) is 6.61 Å². The Bertz CT molecular complexity index is 859. The molecule has 0 bridgehead atoms. The number of hydrogen-bond donors (Lipinski definition) is 0. The molecule has 20 heavy (non-hydrogen) atoms. The highest BCUT2D eigenvalue weighted by Crippen LogP contribution is 2.30.